The van der Waals surface area contributed by atoms with Gasteiger partial charge < -0.3 is 9.73 Å². The number of likely N-dealkylation sites (N-methyl/N-ethyl adjacent to an activating group) is 1. The summed E-state index contributed by atoms with van der Waals surface area (Å²) in [6.45, 7) is 0. The first kappa shape index (κ1) is 12.7. The predicted molar refractivity (Wildman–Crippen MR) is 81.0 cm³/mol. The van der Waals surface area contributed by atoms with E-state index < -0.39 is 0 Å². The quantitative estimate of drug-likeness (QED) is 0.757. The van der Waals surface area contributed by atoms with Crippen molar-refractivity contribution >= 4 is 33.0 Å². The standard InChI is InChI=1S/C15H14ClNOS/c1-17-12(13-6-7-15(16)18-13)8-10-9-19-14-5-3-2-4-11(10)14/h2-7,9,12,17H,8H2,1H3. The summed E-state index contributed by atoms with van der Waals surface area (Å²) >= 11 is 7.63. The van der Waals surface area contributed by atoms with Gasteiger partial charge in [0.15, 0.2) is 5.22 Å². The topological polar surface area (TPSA) is 25.2 Å². The van der Waals surface area contributed by atoms with E-state index in [4.69, 9.17) is 16.0 Å². The van der Waals surface area contributed by atoms with Crippen molar-refractivity contribution < 1.29 is 4.42 Å². The molecular weight excluding hydrogens is 278 g/mol. The Labute approximate surface area is 121 Å². The van der Waals surface area contributed by atoms with Crippen LogP contribution in [0, 0.1) is 0 Å². The number of fused-ring (bicyclic) bond motifs is 1. The summed E-state index contributed by atoms with van der Waals surface area (Å²) in [6.07, 6.45) is 0.893. The van der Waals surface area contributed by atoms with Crippen molar-refractivity contribution in [2.24, 2.45) is 0 Å². The summed E-state index contributed by atoms with van der Waals surface area (Å²) < 4.78 is 6.83. The number of nitrogens with one attached hydrogen (secondary N) is 1. The van der Waals surface area contributed by atoms with Crippen LogP contribution >= 0.6 is 22.9 Å². The first-order chi connectivity index (χ1) is 9.28. The molecule has 0 amide bonds. The van der Waals surface area contributed by atoms with Gasteiger partial charge in [-0.15, -0.1) is 11.3 Å². The average Bonchev–Trinajstić information content (AvgIpc) is 3.03. The van der Waals surface area contributed by atoms with E-state index in [-0.39, 0.29) is 6.04 Å². The van der Waals surface area contributed by atoms with Crippen LogP contribution < -0.4 is 5.32 Å². The molecule has 2 heterocycles. The number of rotatable bonds is 4. The van der Waals surface area contributed by atoms with Gasteiger partial charge in [0.05, 0.1) is 6.04 Å². The molecule has 98 valence electrons. The lowest BCUT2D eigenvalue weighted by atomic mass is 10.0. The van der Waals surface area contributed by atoms with Crippen LogP contribution in [0.5, 0.6) is 0 Å². The largest absolute Gasteiger partial charge is 0.448 e. The molecular formula is C15H14ClNOS. The molecule has 1 aromatic carbocycles. The third-order valence-electron chi connectivity index (χ3n) is 3.27. The fraction of sp³-hybridized carbons (Fsp3) is 0.200. The Bertz CT molecular complexity index is 688. The second kappa shape index (κ2) is 5.37. The predicted octanol–water partition coefficient (Wildman–Crippen LogP) is 4.65. The minimum absolute atomic E-state index is 0.144. The van der Waals surface area contributed by atoms with Gasteiger partial charge in [-0.25, -0.2) is 0 Å². The van der Waals surface area contributed by atoms with Gasteiger partial charge in [0.25, 0.3) is 0 Å². The highest BCUT2D eigenvalue weighted by Gasteiger charge is 2.16. The van der Waals surface area contributed by atoms with Crippen LogP contribution in [0.15, 0.2) is 46.2 Å². The van der Waals surface area contributed by atoms with E-state index in [2.05, 4.69) is 35.0 Å². The smallest absolute Gasteiger partial charge is 0.193 e. The van der Waals surface area contributed by atoms with Crippen LogP contribution in [-0.4, -0.2) is 7.05 Å². The van der Waals surface area contributed by atoms with Gasteiger partial charge in [-0.05, 0) is 59.6 Å². The highest BCUT2D eigenvalue weighted by atomic mass is 35.5. The number of benzene rings is 1. The van der Waals surface area contributed by atoms with Crippen LogP contribution in [-0.2, 0) is 6.42 Å². The Morgan fingerprint density at radius 1 is 1.26 bits per heavy atom. The van der Waals surface area contributed by atoms with Crippen LogP contribution in [0.3, 0.4) is 0 Å². The molecule has 1 N–H and O–H groups in total. The molecule has 3 rings (SSSR count). The molecule has 0 radical (unpaired) electrons. The van der Waals surface area contributed by atoms with Gasteiger partial charge in [-0.3, -0.25) is 0 Å². The van der Waals surface area contributed by atoms with Crippen LogP contribution in [0.4, 0.5) is 0 Å². The van der Waals surface area contributed by atoms with Crippen LogP contribution in [0.1, 0.15) is 17.4 Å². The Kier molecular flexibility index (Phi) is 3.60. The minimum atomic E-state index is 0.144. The van der Waals surface area contributed by atoms with Crippen molar-refractivity contribution in [1.29, 1.82) is 0 Å². The van der Waals surface area contributed by atoms with Crippen molar-refractivity contribution in [3.63, 3.8) is 0 Å². The van der Waals surface area contributed by atoms with Crippen molar-refractivity contribution in [3.05, 3.63) is 58.3 Å². The zero-order valence-corrected chi connectivity index (χ0v) is 12.1. The number of halogens is 1. The molecule has 19 heavy (non-hydrogen) atoms. The van der Waals surface area contributed by atoms with Gasteiger partial charge in [-0.2, -0.15) is 0 Å². The molecule has 0 aliphatic carbocycles. The van der Waals surface area contributed by atoms with E-state index in [9.17, 15) is 0 Å². The lowest BCUT2D eigenvalue weighted by molar-refractivity contribution is 0.431. The summed E-state index contributed by atoms with van der Waals surface area (Å²) in [5, 5.41) is 7.27. The van der Waals surface area contributed by atoms with Crippen molar-refractivity contribution in [1.82, 2.24) is 5.32 Å². The van der Waals surface area contributed by atoms with Crippen LogP contribution in [0.25, 0.3) is 10.1 Å². The second-order valence-electron chi connectivity index (χ2n) is 4.44. The van der Waals surface area contributed by atoms with E-state index in [1.165, 1.54) is 15.6 Å². The third-order valence-corrected chi connectivity index (χ3v) is 4.49. The monoisotopic (exact) mass is 291 g/mol. The maximum Gasteiger partial charge on any atom is 0.193 e. The first-order valence-corrected chi connectivity index (χ1v) is 7.41. The van der Waals surface area contributed by atoms with E-state index >= 15 is 0 Å². The maximum absolute atomic E-state index is 5.85. The summed E-state index contributed by atoms with van der Waals surface area (Å²) in [7, 11) is 1.94. The average molecular weight is 292 g/mol. The van der Waals surface area contributed by atoms with Crippen LogP contribution in [0.2, 0.25) is 5.22 Å². The Morgan fingerprint density at radius 3 is 2.84 bits per heavy atom. The number of hydrogen-bond donors (Lipinski definition) is 1. The van der Waals surface area contributed by atoms with Gasteiger partial charge in [0, 0.05) is 4.70 Å². The Balaban J connectivity index is 1.90. The molecule has 3 aromatic rings. The van der Waals surface area contributed by atoms with E-state index in [1.807, 2.05) is 13.1 Å². The first-order valence-electron chi connectivity index (χ1n) is 6.15. The van der Waals surface area contributed by atoms with E-state index in [0.29, 0.717) is 5.22 Å². The highest BCUT2D eigenvalue weighted by molar-refractivity contribution is 7.17. The zero-order chi connectivity index (χ0) is 13.2. The molecule has 0 spiro atoms. The number of furan rings is 1. The lowest BCUT2D eigenvalue weighted by Gasteiger charge is -2.13. The molecule has 4 heteroatoms. The number of hydrogen-bond acceptors (Lipinski definition) is 3. The van der Waals surface area contributed by atoms with Crippen molar-refractivity contribution in [3.8, 4) is 0 Å². The van der Waals surface area contributed by atoms with E-state index in [1.54, 1.807) is 17.4 Å². The fourth-order valence-electron chi connectivity index (χ4n) is 2.27. The van der Waals surface area contributed by atoms with Gasteiger partial charge in [0.2, 0.25) is 0 Å². The molecule has 0 aliphatic rings. The Hall–Kier alpha value is -1.29. The van der Waals surface area contributed by atoms with Crippen molar-refractivity contribution in [2.45, 2.75) is 12.5 Å². The molecule has 0 bridgehead atoms. The molecule has 0 aliphatic heterocycles. The molecule has 1 atom stereocenters. The zero-order valence-electron chi connectivity index (χ0n) is 10.5. The summed E-state index contributed by atoms with van der Waals surface area (Å²) in [5.41, 5.74) is 1.34. The molecule has 1 unspecified atom stereocenters. The molecule has 0 saturated carbocycles. The lowest BCUT2D eigenvalue weighted by Crippen LogP contribution is -2.18. The Morgan fingerprint density at radius 2 is 2.11 bits per heavy atom. The second-order valence-corrected chi connectivity index (χ2v) is 5.73. The van der Waals surface area contributed by atoms with E-state index in [0.717, 1.165) is 12.2 Å². The van der Waals surface area contributed by atoms with Gasteiger partial charge in [-0.1, -0.05) is 18.2 Å². The summed E-state index contributed by atoms with van der Waals surface area (Å²) in [6, 6.07) is 12.3. The van der Waals surface area contributed by atoms with Gasteiger partial charge >= 0.3 is 0 Å². The highest BCUT2D eigenvalue weighted by Crippen LogP contribution is 2.30. The SMILES string of the molecule is CNC(Cc1csc2ccccc12)c1ccc(Cl)o1. The normalized spacial score (nSPS) is 12.9. The summed E-state index contributed by atoms with van der Waals surface area (Å²) in [4.78, 5) is 0. The molecule has 0 fully saturated rings. The molecule has 2 aromatic heterocycles. The molecule has 0 saturated heterocycles. The minimum Gasteiger partial charge on any atom is -0.448 e. The molecule has 2 nitrogen and oxygen atoms in total. The maximum atomic E-state index is 5.85. The summed E-state index contributed by atoms with van der Waals surface area (Å²) in [5.74, 6) is 0.878. The van der Waals surface area contributed by atoms with Gasteiger partial charge in [0.1, 0.15) is 5.76 Å². The van der Waals surface area contributed by atoms with Crippen molar-refractivity contribution in [2.75, 3.05) is 7.05 Å². The number of thiophene rings is 1. The third kappa shape index (κ3) is 2.54. The fourth-order valence-corrected chi connectivity index (χ4v) is 3.40.